The Morgan fingerprint density at radius 3 is 2.56 bits per heavy atom. The van der Waals surface area contributed by atoms with Gasteiger partial charge in [-0.25, -0.2) is 8.42 Å². The minimum absolute atomic E-state index is 0.0328. The van der Waals surface area contributed by atoms with E-state index in [4.69, 9.17) is 0 Å². The maximum absolute atomic E-state index is 12.3. The predicted octanol–water partition coefficient (Wildman–Crippen LogP) is 2.19. The van der Waals surface area contributed by atoms with Crippen molar-refractivity contribution >= 4 is 21.4 Å². The van der Waals surface area contributed by atoms with Crippen molar-refractivity contribution in [2.75, 3.05) is 13.6 Å². The van der Waals surface area contributed by atoms with E-state index in [1.54, 1.807) is 13.1 Å². The van der Waals surface area contributed by atoms with Crippen LogP contribution in [-0.2, 0) is 16.6 Å². The number of thiophene rings is 1. The Morgan fingerprint density at radius 1 is 1.44 bits per heavy atom. The summed E-state index contributed by atoms with van der Waals surface area (Å²) in [4.78, 5) is 1.09. The molecule has 0 spiro atoms. The normalized spacial score (nSPS) is 12.6. The molecule has 1 rings (SSSR count). The molecule has 0 unspecified atom stereocenters. The van der Waals surface area contributed by atoms with Crippen LogP contribution in [-0.4, -0.2) is 32.4 Å². The molecule has 1 aromatic heterocycles. The molecule has 18 heavy (non-hydrogen) atoms. The van der Waals surface area contributed by atoms with E-state index in [0.717, 1.165) is 23.5 Å². The third kappa shape index (κ3) is 3.32. The monoisotopic (exact) mass is 290 g/mol. The molecule has 0 aliphatic carbocycles. The lowest BCUT2D eigenvalue weighted by Gasteiger charge is -2.19. The number of rotatable bonds is 6. The summed E-state index contributed by atoms with van der Waals surface area (Å²) in [7, 11) is -1.72. The van der Waals surface area contributed by atoms with Gasteiger partial charge < -0.3 is 5.32 Å². The molecule has 1 aromatic rings. The van der Waals surface area contributed by atoms with Crippen LogP contribution in [0.25, 0.3) is 0 Å². The summed E-state index contributed by atoms with van der Waals surface area (Å²) < 4.78 is 26.5. The minimum Gasteiger partial charge on any atom is -0.312 e. The number of aryl methyl sites for hydroxylation is 1. The van der Waals surface area contributed by atoms with Gasteiger partial charge in [0.25, 0.3) is 10.0 Å². The van der Waals surface area contributed by atoms with Gasteiger partial charge in [-0.05, 0) is 38.9 Å². The van der Waals surface area contributed by atoms with Gasteiger partial charge in [-0.3, -0.25) is 0 Å². The number of hydrogen-bond donors (Lipinski definition) is 1. The van der Waals surface area contributed by atoms with Crippen LogP contribution in [0.1, 0.15) is 31.2 Å². The first-order chi connectivity index (χ1) is 8.30. The van der Waals surface area contributed by atoms with Gasteiger partial charge in [-0.15, -0.1) is 11.3 Å². The van der Waals surface area contributed by atoms with Crippen molar-refractivity contribution in [3.8, 4) is 0 Å². The molecule has 0 aliphatic rings. The summed E-state index contributed by atoms with van der Waals surface area (Å²) in [5.41, 5.74) is 1.04. The van der Waals surface area contributed by atoms with Gasteiger partial charge in [0.05, 0.1) is 0 Å². The second-order valence-electron chi connectivity index (χ2n) is 4.57. The molecule has 0 amide bonds. The SMILES string of the molecule is CCNCc1sc(S(=O)(=O)N(C)C(C)C)cc1C. The van der Waals surface area contributed by atoms with Crippen LogP contribution in [0.5, 0.6) is 0 Å². The van der Waals surface area contributed by atoms with E-state index in [1.807, 2.05) is 27.7 Å². The zero-order chi connectivity index (χ0) is 13.9. The van der Waals surface area contributed by atoms with E-state index in [-0.39, 0.29) is 6.04 Å². The van der Waals surface area contributed by atoms with Crippen molar-refractivity contribution < 1.29 is 8.42 Å². The highest BCUT2D eigenvalue weighted by atomic mass is 32.2. The molecule has 1 N–H and O–H groups in total. The molecule has 0 saturated carbocycles. The lowest BCUT2D eigenvalue weighted by molar-refractivity contribution is 0.412. The Balaban J connectivity index is 3.04. The van der Waals surface area contributed by atoms with Gasteiger partial charge in [0.1, 0.15) is 4.21 Å². The Morgan fingerprint density at radius 2 is 2.06 bits per heavy atom. The molecule has 0 radical (unpaired) electrons. The number of sulfonamides is 1. The maximum atomic E-state index is 12.3. The second-order valence-corrected chi connectivity index (χ2v) is 7.93. The van der Waals surface area contributed by atoms with E-state index >= 15 is 0 Å². The third-order valence-corrected chi connectivity index (χ3v) is 6.61. The molecule has 0 aliphatic heterocycles. The fourth-order valence-electron chi connectivity index (χ4n) is 1.45. The third-order valence-electron chi connectivity index (χ3n) is 2.89. The molecule has 0 aromatic carbocycles. The molecule has 0 saturated heterocycles. The molecule has 6 heteroatoms. The highest BCUT2D eigenvalue weighted by molar-refractivity contribution is 7.91. The fourth-order valence-corrected chi connectivity index (χ4v) is 4.56. The van der Waals surface area contributed by atoms with E-state index in [1.165, 1.54) is 15.6 Å². The second kappa shape index (κ2) is 6.14. The fraction of sp³-hybridized carbons (Fsp3) is 0.667. The van der Waals surface area contributed by atoms with Gasteiger partial charge in [-0.1, -0.05) is 6.92 Å². The zero-order valence-electron chi connectivity index (χ0n) is 11.6. The van der Waals surface area contributed by atoms with Crippen molar-refractivity contribution in [3.63, 3.8) is 0 Å². The zero-order valence-corrected chi connectivity index (χ0v) is 13.3. The largest absolute Gasteiger partial charge is 0.312 e. The lowest BCUT2D eigenvalue weighted by atomic mass is 10.3. The first kappa shape index (κ1) is 15.6. The molecule has 0 fully saturated rings. The summed E-state index contributed by atoms with van der Waals surface area (Å²) in [6.07, 6.45) is 0. The number of nitrogens with one attached hydrogen (secondary N) is 1. The van der Waals surface area contributed by atoms with Crippen LogP contribution in [0.2, 0.25) is 0 Å². The van der Waals surface area contributed by atoms with Crippen LogP contribution in [0.4, 0.5) is 0 Å². The average molecular weight is 290 g/mol. The van der Waals surface area contributed by atoms with Gasteiger partial charge in [0.15, 0.2) is 0 Å². The van der Waals surface area contributed by atoms with E-state index in [2.05, 4.69) is 5.32 Å². The van der Waals surface area contributed by atoms with Crippen molar-refractivity contribution in [3.05, 3.63) is 16.5 Å². The highest BCUT2D eigenvalue weighted by Crippen LogP contribution is 2.28. The molecule has 0 bridgehead atoms. The molecule has 104 valence electrons. The molecule has 1 heterocycles. The van der Waals surface area contributed by atoms with Crippen molar-refractivity contribution in [2.24, 2.45) is 0 Å². The van der Waals surface area contributed by atoms with E-state index in [9.17, 15) is 8.42 Å². The first-order valence-electron chi connectivity index (χ1n) is 6.08. The predicted molar refractivity (Wildman–Crippen MR) is 76.5 cm³/mol. The van der Waals surface area contributed by atoms with E-state index < -0.39 is 10.0 Å². The Labute approximate surface area is 114 Å². The Kier molecular flexibility index (Phi) is 5.33. The van der Waals surface area contributed by atoms with Crippen LogP contribution in [0, 0.1) is 6.92 Å². The number of nitrogens with zero attached hydrogens (tertiary/aromatic N) is 1. The van der Waals surface area contributed by atoms with Crippen molar-refractivity contribution in [2.45, 2.75) is 44.5 Å². The summed E-state index contributed by atoms with van der Waals surface area (Å²) in [5.74, 6) is 0. The van der Waals surface area contributed by atoms with E-state index in [0.29, 0.717) is 4.21 Å². The quantitative estimate of drug-likeness (QED) is 0.874. The smallest absolute Gasteiger partial charge is 0.252 e. The number of hydrogen-bond acceptors (Lipinski definition) is 4. The van der Waals surface area contributed by atoms with Gasteiger partial charge in [0.2, 0.25) is 0 Å². The van der Waals surface area contributed by atoms with Crippen LogP contribution in [0.3, 0.4) is 0 Å². The van der Waals surface area contributed by atoms with Crippen molar-refractivity contribution in [1.29, 1.82) is 0 Å². The minimum atomic E-state index is -3.34. The molecule has 4 nitrogen and oxygen atoms in total. The van der Waals surface area contributed by atoms with Gasteiger partial charge in [0, 0.05) is 24.5 Å². The standard InChI is InChI=1S/C12H22N2O2S2/c1-6-13-8-11-10(4)7-12(17-11)18(15,16)14(5)9(2)3/h7,9,13H,6,8H2,1-5H3. The first-order valence-corrected chi connectivity index (χ1v) is 8.34. The molecular formula is C12H22N2O2S2. The van der Waals surface area contributed by atoms with Crippen LogP contribution < -0.4 is 5.32 Å². The lowest BCUT2D eigenvalue weighted by Crippen LogP contribution is -2.32. The van der Waals surface area contributed by atoms with Crippen LogP contribution in [0.15, 0.2) is 10.3 Å². The summed E-state index contributed by atoms with van der Waals surface area (Å²) >= 11 is 1.36. The Bertz CT molecular complexity index is 492. The Hall–Kier alpha value is -0.430. The average Bonchev–Trinajstić information content (AvgIpc) is 2.67. The molecule has 0 atom stereocenters. The highest BCUT2D eigenvalue weighted by Gasteiger charge is 2.25. The molecular weight excluding hydrogens is 268 g/mol. The summed E-state index contributed by atoms with van der Waals surface area (Å²) in [6.45, 7) is 9.35. The maximum Gasteiger partial charge on any atom is 0.252 e. The van der Waals surface area contributed by atoms with Crippen molar-refractivity contribution in [1.82, 2.24) is 9.62 Å². The van der Waals surface area contributed by atoms with Gasteiger partial charge in [-0.2, -0.15) is 4.31 Å². The topological polar surface area (TPSA) is 49.4 Å². The van der Waals surface area contributed by atoms with Crippen LogP contribution >= 0.6 is 11.3 Å². The summed E-state index contributed by atoms with van der Waals surface area (Å²) in [5, 5.41) is 3.22. The van der Waals surface area contributed by atoms with Gasteiger partial charge >= 0.3 is 0 Å². The summed E-state index contributed by atoms with van der Waals surface area (Å²) in [6, 6.07) is 1.74.